The molecule has 0 bridgehead atoms. The first-order chi connectivity index (χ1) is 6.86. The standard InChI is InChI=1S/C10H12O4S/c1-3-7-6-8(15(2,13)14)4-5-9(7)10(11)12/h4-6H,3H2,1-2H3,(H,11,12). The molecule has 4 nitrogen and oxygen atoms in total. The summed E-state index contributed by atoms with van der Waals surface area (Å²) in [6.45, 7) is 1.79. The molecule has 0 fully saturated rings. The molecule has 0 aliphatic rings. The minimum atomic E-state index is -3.27. The molecule has 0 amide bonds. The Morgan fingerprint density at radius 2 is 2.00 bits per heavy atom. The number of sulfone groups is 1. The lowest BCUT2D eigenvalue weighted by Crippen LogP contribution is -2.05. The highest BCUT2D eigenvalue weighted by atomic mass is 32.2. The molecule has 0 heterocycles. The van der Waals surface area contributed by atoms with Crippen molar-refractivity contribution in [2.75, 3.05) is 6.26 Å². The number of carbonyl (C=O) groups is 1. The van der Waals surface area contributed by atoms with Gasteiger partial charge in [-0.25, -0.2) is 13.2 Å². The molecule has 0 atom stereocenters. The van der Waals surface area contributed by atoms with Gasteiger partial charge in [-0.15, -0.1) is 0 Å². The van der Waals surface area contributed by atoms with E-state index in [2.05, 4.69) is 0 Å². The molecule has 0 unspecified atom stereocenters. The predicted octanol–water partition coefficient (Wildman–Crippen LogP) is 1.35. The van der Waals surface area contributed by atoms with Crippen LogP contribution in [-0.4, -0.2) is 25.7 Å². The minimum Gasteiger partial charge on any atom is -0.478 e. The highest BCUT2D eigenvalue weighted by Gasteiger charge is 2.13. The number of carboxylic acids is 1. The van der Waals surface area contributed by atoms with Crippen molar-refractivity contribution in [1.82, 2.24) is 0 Å². The molecule has 0 radical (unpaired) electrons. The van der Waals surface area contributed by atoms with Crippen molar-refractivity contribution < 1.29 is 18.3 Å². The quantitative estimate of drug-likeness (QED) is 0.847. The first-order valence-corrected chi connectivity index (χ1v) is 6.31. The molecule has 1 rings (SSSR count). The van der Waals surface area contributed by atoms with Crippen LogP contribution in [0, 0.1) is 0 Å². The monoisotopic (exact) mass is 228 g/mol. The summed E-state index contributed by atoms with van der Waals surface area (Å²) in [5, 5.41) is 8.84. The fourth-order valence-corrected chi connectivity index (χ4v) is 1.97. The molecule has 82 valence electrons. The normalized spacial score (nSPS) is 11.3. The van der Waals surface area contributed by atoms with Gasteiger partial charge in [0, 0.05) is 6.26 Å². The number of carboxylic acid groups (broad SMARTS) is 1. The number of hydrogen-bond donors (Lipinski definition) is 1. The molecule has 0 saturated carbocycles. The summed E-state index contributed by atoms with van der Waals surface area (Å²) in [7, 11) is -3.27. The van der Waals surface area contributed by atoms with Gasteiger partial charge >= 0.3 is 5.97 Å². The van der Waals surface area contributed by atoms with Crippen LogP contribution >= 0.6 is 0 Å². The second-order valence-electron chi connectivity index (χ2n) is 3.25. The maximum atomic E-state index is 11.2. The van der Waals surface area contributed by atoms with Crippen LogP contribution in [0.15, 0.2) is 23.1 Å². The molecule has 0 aliphatic carbocycles. The molecule has 15 heavy (non-hydrogen) atoms. The Morgan fingerprint density at radius 3 is 2.40 bits per heavy atom. The molecule has 1 aromatic rings. The Bertz CT molecular complexity index is 488. The Labute approximate surface area is 88.5 Å². The largest absolute Gasteiger partial charge is 0.478 e. The second-order valence-corrected chi connectivity index (χ2v) is 5.27. The maximum Gasteiger partial charge on any atom is 0.335 e. The van der Waals surface area contributed by atoms with Crippen molar-refractivity contribution in [3.8, 4) is 0 Å². The number of aryl methyl sites for hydroxylation is 1. The molecule has 1 aromatic carbocycles. The molecular formula is C10H12O4S. The summed E-state index contributed by atoms with van der Waals surface area (Å²) in [5.41, 5.74) is 0.690. The SMILES string of the molecule is CCc1cc(S(C)(=O)=O)ccc1C(=O)O. The molecule has 0 saturated heterocycles. The van der Waals surface area contributed by atoms with E-state index in [1.807, 2.05) is 0 Å². The number of benzene rings is 1. The van der Waals surface area contributed by atoms with E-state index >= 15 is 0 Å². The minimum absolute atomic E-state index is 0.157. The van der Waals surface area contributed by atoms with Crippen molar-refractivity contribution in [3.05, 3.63) is 29.3 Å². The summed E-state index contributed by atoms with van der Waals surface area (Å²) in [6.07, 6.45) is 1.59. The number of hydrogen-bond acceptors (Lipinski definition) is 3. The zero-order chi connectivity index (χ0) is 11.6. The van der Waals surface area contributed by atoms with Crippen LogP contribution in [0.3, 0.4) is 0 Å². The summed E-state index contributed by atoms with van der Waals surface area (Å²) < 4.78 is 22.5. The molecule has 0 aliphatic heterocycles. The third-order valence-electron chi connectivity index (χ3n) is 2.12. The molecule has 1 N–H and O–H groups in total. The molecule has 0 spiro atoms. The van der Waals surface area contributed by atoms with Gasteiger partial charge in [0.25, 0.3) is 0 Å². The Kier molecular flexibility index (Phi) is 3.14. The van der Waals surface area contributed by atoms with E-state index in [0.717, 1.165) is 6.26 Å². The Hall–Kier alpha value is -1.36. The van der Waals surface area contributed by atoms with E-state index in [-0.39, 0.29) is 10.5 Å². The fourth-order valence-electron chi connectivity index (χ4n) is 1.30. The third kappa shape index (κ3) is 2.56. The highest BCUT2D eigenvalue weighted by molar-refractivity contribution is 7.90. The topological polar surface area (TPSA) is 71.4 Å². The summed E-state index contributed by atoms with van der Waals surface area (Å²) in [4.78, 5) is 10.9. The van der Waals surface area contributed by atoms with Crippen LogP contribution in [-0.2, 0) is 16.3 Å². The fraction of sp³-hybridized carbons (Fsp3) is 0.300. The average molecular weight is 228 g/mol. The summed E-state index contributed by atoms with van der Waals surface area (Å²) in [5.74, 6) is -1.04. The van der Waals surface area contributed by atoms with E-state index in [1.54, 1.807) is 6.92 Å². The third-order valence-corrected chi connectivity index (χ3v) is 3.23. The Balaban J connectivity index is 3.38. The summed E-state index contributed by atoms with van der Waals surface area (Å²) in [6, 6.07) is 4.06. The molecular weight excluding hydrogens is 216 g/mol. The van der Waals surface area contributed by atoms with Gasteiger partial charge in [-0.2, -0.15) is 0 Å². The van der Waals surface area contributed by atoms with Gasteiger partial charge in [-0.05, 0) is 30.2 Å². The van der Waals surface area contributed by atoms with Crippen molar-refractivity contribution in [2.45, 2.75) is 18.2 Å². The average Bonchev–Trinajstić information content (AvgIpc) is 2.15. The zero-order valence-corrected chi connectivity index (χ0v) is 9.34. The van der Waals surface area contributed by atoms with Crippen LogP contribution in [0.5, 0.6) is 0 Å². The van der Waals surface area contributed by atoms with Gasteiger partial charge in [0.05, 0.1) is 10.5 Å². The van der Waals surface area contributed by atoms with Gasteiger partial charge in [0.2, 0.25) is 0 Å². The molecule has 0 aromatic heterocycles. The van der Waals surface area contributed by atoms with Crippen molar-refractivity contribution in [2.24, 2.45) is 0 Å². The maximum absolute atomic E-state index is 11.2. The van der Waals surface area contributed by atoms with Crippen molar-refractivity contribution in [1.29, 1.82) is 0 Å². The van der Waals surface area contributed by atoms with Gasteiger partial charge in [0.1, 0.15) is 0 Å². The van der Waals surface area contributed by atoms with Crippen molar-refractivity contribution in [3.63, 3.8) is 0 Å². The smallest absolute Gasteiger partial charge is 0.335 e. The number of rotatable bonds is 3. The van der Waals surface area contributed by atoms with Gasteiger partial charge in [-0.3, -0.25) is 0 Å². The predicted molar refractivity (Wildman–Crippen MR) is 55.9 cm³/mol. The first kappa shape index (κ1) is 11.7. The Morgan fingerprint density at radius 1 is 1.40 bits per heavy atom. The van der Waals surface area contributed by atoms with E-state index in [4.69, 9.17) is 5.11 Å². The molecule has 5 heteroatoms. The lowest BCUT2D eigenvalue weighted by atomic mass is 10.1. The van der Waals surface area contributed by atoms with Gasteiger partial charge in [-0.1, -0.05) is 6.92 Å². The first-order valence-electron chi connectivity index (χ1n) is 4.42. The van der Waals surface area contributed by atoms with Crippen LogP contribution in [0.2, 0.25) is 0 Å². The van der Waals surface area contributed by atoms with Crippen LogP contribution in [0.25, 0.3) is 0 Å². The van der Waals surface area contributed by atoms with E-state index in [0.29, 0.717) is 12.0 Å². The van der Waals surface area contributed by atoms with E-state index in [1.165, 1.54) is 18.2 Å². The zero-order valence-electron chi connectivity index (χ0n) is 8.52. The summed E-state index contributed by atoms with van der Waals surface area (Å²) >= 11 is 0. The second kappa shape index (κ2) is 4.02. The van der Waals surface area contributed by atoms with Crippen LogP contribution in [0.1, 0.15) is 22.8 Å². The lowest BCUT2D eigenvalue weighted by Gasteiger charge is -2.05. The van der Waals surface area contributed by atoms with Crippen molar-refractivity contribution >= 4 is 15.8 Å². The van der Waals surface area contributed by atoms with E-state index in [9.17, 15) is 13.2 Å². The van der Waals surface area contributed by atoms with E-state index < -0.39 is 15.8 Å². The van der Waals surface area contributed by atoms with Gasteiger partial charge < -0.3 is 5.11 Å². The highest BCUT2D eigenvalue weighted by Crippen LogP contribution is 2.16. The van der Waals surface area contributed by atoms with Crippen LogP contribution < -0.4 is 0 Å². The van der Waals surface area contributed by atoms with Crippen LogP contribution in [0.4, 0.5) is 0 Å². The lowest BCUT2D eigenvalue weighted by molar-refractivity contribution is 0.0695. The van der Waals surface area contributed by atoms with Gasteiger partial charge in [0.15, 0.2) is 9.84 Å². The number of aromatic carboxylic acids is 1.